The van der Waals surface area contributed by atoms with Gasteiger partial charge in [0, 0.05) is 32.9 Å². The molecule has 0 saturated carbocycles. The number of benzene rings is 1. The number of pyridine rings is 1. The second-order valence-electron chi connectivity index (χ2n) is 5.19. The Labute approximate surface area is 123 Å². The zero-order valence-electron chi connectivity index (χ0n) is 11.9. The van der Waals surface area contributed by atoms with Gasteiger partial charge in [0.2, 0.25) is 0 Å². The molecule has 0 fully saturated rings. The van der Waals surface area contributed by atoms with Crippen LogP contribution in [0.1, 0.15) is 16.1 Å². The first-order chi connectivity index (χ1) is 10.1. The number of para-hydroxylation sites is 2. The summed E-state index contributed by atoms with van der Waals surface area (Å²) in [6.45, 7) is 2.56. The van der Waals surface area contributed by atoms with Gasteiger partial charge in [-0.15, -0.1) is 0 Å². The van der Waals surface area contributed by atoms with Crippen LogP contribution in [0.3, 0.4) is 0 Å². The lowest BCUT2D eigenvalue weighted by atomic mass is 10.1. The summed E-state index contributed by atoms with van der Waals surface area (Å²) in [5, 5.41) is 9.02. The molecule has 0 saturated heterocycles. The molecule has 2 aromatic rings. The molecule has 1 aliphatic heterocycles. The van der Waals surface area contributed by atoms with Crippen molar-refractivity contribution in [3.05, 3.63) is 53.9 Å². The lowest BCUT2D eigenvalue weighted by Gasteiger charge is -2.37. The minimum atomic E-state index is -0.990. The zero-order chi connectivity index (χ0) is 14.8. The Hall–Kier alpha value is -2.56. The summed E-state index contributed by atoms with van der Waals surface area (Å²) >= 11 is 0. The molecule has 0 bridgehead atoms. The summed E-state index contributed by atoms with van der Waals surface area (Å²) in [5.41, 5.74) is 3.44. The molecular formula is C16H17N3O2. The maximum atomic E-state index is 11.0. The maximum Gasteiger partial charge on any atom is 0.354 e. The third-order valence-electron chi connectivity index (χ3n) is 3.76. The van der Waals surface area contributed by atoms with E-state index in [1.54, 1.807) is 12.3 Å². The van der Waals surface area contributed by atoms with Crippen molar-refractivity contribution in [3.63, 3.8) is 0 Å². The fraction of sp³-hybridized carbons (Fsp3) is 0.250. The molecule has 0 atom stereocenters. The lowest BCUT2D eigenvalue weighted by molar-refractivity contribution is 0.0690. The van der Waals surface area contributed by atoms with Crippen molar-refractivity contribution in [1.29, 1.82) is 0 Å². The van der Waals surface area contributed by atoms with Gasteiger partial charge in [0.15, 0.2) is 0 Å². The van der Waals surface area contributed by atoms with Crippen molar-refractivity contribution in [2.45, 2.75) is 6.54 Å². The first-order valence-electron chi connectivity index (χ1n) is 6.88. The number of nitrogens with zero attached hydrogens (tertiary/aromatic N) is 3. The van der Waals surface area contributed by atoms with Crippen LogP contribution in [0.25, 0.3) is 0 Å². The smallest absolute Gasteiger partial charge is 0.354 e. The molecule has 0 amide bonds. The van der Waals surface area contributed by atoms with Gasteiger partial charge in [0.05, 0.1) is 11.4 Å². The molecule has 1 aromatic heterocycles. The molecule has 5 heteroatoms. The van der Waals surface area contributed by atoms with E-state index >= 15 is 0 Å². The minimum Gasteiger partial charge on any atom is -0.477 e. The third kappa shape index (κ3) is 2.67. The third-order valence-corrected chi connectivity index (χ3v) is 3.76. The highest BCUT2D eigenvalue weighted by molar-refractivity contribution is 5.85. The van der Waals surface area contributed by atoms with Gasteiger partial charge < -0.3 is 14.9 Å². The standard InChI is InChI=1S/C16H17N3O2/c1-18-8-9-19(15-5-3-2-4-14(15)18)11-12-6-7-17-13(10-12)16(20)21/h2-7,10H,8-9,11H2,1H3,(H,20,21). The molecule has 21 heavy (non-hydrogen) atoms. The van der Waals surface area contributed by atoms with Crippen molar-refractivity contribution in [2.75, 3.05) is 29.9 Å². The Morgan fingerprint density at radius 3 is 2.76 bits per heavy atom. The van der Waals surface area contributed by atoms with E-state index in [9.17, 15) is 4.79 Å². The summed E-state index contributed by atoms with van der Waals surface area (Å²) in [6.07, 6.45) is 1.56. The Morgan fingerprint density at radius 2 is 2.00 bits per heavy atom. The number of rotatable bonds is 3. The molecule has 5 nitrogen and oxygen atoms in total. The fourth-order valence-electron chi connectivity index (χ4n) is 2.64. The lowest BCUT2D eigenvalue weighted by Crippen LogP contribution is -2.38. The first kappa shape index (κ1) is 13.4. The van der Waals surface area contributed by atoms with Crippen LogP contribution in [0.2, 0.25) is 0 Å². The molecule has 1 aromatic carbocycles. The SMILES string of the molecule is CN1CCN(Cc2ccnc(C(=O)O)c2)c2ccccc21. The average Bonchev–Trinajstić information content (AvgIpc) is 2.51. The summed E-state index contributed by atoms with van der Waals surface area (Å²) in [6, 6.07) is 11.8. The number of likely N-dealkylation sites (N-methyl/N-ethyl adjacent to an activating group) is 1. The maximum absolute atomic E-state index is 11.0. The minimum absolute atomic E-state index is 0.0925. The Bertz CT molecular complexity index is 672. The largest absolute Gasteiger partial charge is 0.477 e. The Balaban J connectivity index is 1.87. The predicted molar refractivity (Wildman–Crippen MR) is 82.0 cm³/mol. The molecule has 108 valence electrons. The van der Waals surface area contributed by atoms with Crippen molar-refractivity contribution in [1.82, 2.24) is 4.98 Å². The number of carbonyl (C=O) groups is 1. The van der Waals surface area contributed by atoms with Crippen LogP contribution in [-0.2, 0) is 6.54 Å². The number of hydrogen-bond acceptors (Lipinski definition) is 4. The van der Waals surface area contributed by atoms with Gasteiger partial charge in [-0.1, -0.05) is 12.1 Å². The molecule has 0 aliphatic carbocycles. The highest BCUT2D eigenvalue weighted by Crippen LogP contribution is 2.32. The van der Waals surface area contributed by atoms with Gasteiger partial charge in [-0.3, -0.25) is 0 Å². The second kappa shape index (κ2) is 5.44. The molecule has 2 heterocycles. The van der Waals surface area contributed by atoms with Crippen LogP contribution in [0.4, 0.5) is 11.4 Å². The van der Waals surface area contributed by atoms with E-state index < -0.39 is 5.97 Å². The van der Waals surface area contributed by atoms with Crippen LogP contribution in [0.5, 0.6) is 0 Å². The van der Waals surface area contributed by atoms with E-state index in [4.69, 9.17) is 5.11 Å². The van der Waals surface area contributed by atoms with E-state index in [2.05, 4.69) is 34.0 Å². The highest BCUT2D eigenvalue weighted by Gasteiger charge is 2.20. The zero-order valence-corrected chi connectivity index (χ0v) is 11.9. The molecule has 0 radical (unpaired) electrons. The summed E-state index contributed by atoms with van der Waals surface area (Å²) in [4.78, 5) is 19.4. The van der Waals surface area contributed by atoms with Gasteiger partial charge in [-0.25, -0.2) is 9.78 Å². The summed E-state index contributed by atoms with van der Waals surface area (Å²) in [5.74, 6) is -0.990. The van der Waals surface area contributed by atoms with Crippen molar-refractivity contribution in [2.24, 2.45) is 0 Å². The highest BCUT2D eigenvalue weighted by atomic mass is 16.4. The molecular weight excluding hydrogens is 266 g/mol. The number of aromatic carboxylic acids is 1. The summed E-state index contributed by atoms with van der Waals surface area (Å²) in [7, 11) is 2.09. The molecule has 1 N–H and O–H groups in total. The van der Waals surface area contributed by atoms with Crippen molar-refractivity contribution < 1.29 is 9.90 Å². The summed E-state index contributed by atoms with van der Waals surface area (Å²) < 4.78 is 0. The predicted octanol–water partition coefficient (Wildman–Crippen LogP) is 2.24. The normalized spacial score (nSPS) is 14.0. The Morgan fingerprint density at radius 1 is 1.24 bits per heavy atom. The van der Waals surface area contributed by atoms with Crippen LogP contribution in [0, 0.1) is 0 Å². The van der Waals surface area contributed by atoms with Gasteiger partial charge in [0.1, 0.15) is 5.69 Å². The number of carboxylic acids is 1. The van der Waals surface area contributed by atoms with Crippen molar-refractivity contribution >= 4 is 17.3 Å². The number of anilines is 2. The molecule has 0 unspecified atom stereocenters. The molecule has 3 rings (SSSR count). The number of aromatic nitrogens is 1. The van der Waals surface area contributed by atoms with Gasteiger partial charge >= 0.3 is 5.97 Å². The van der Waals surface area contributed by atoms with Crippen LogP contribution < -0.4 is 9.80 Å². The fourth-order valence-corrected chi connectivity index (χ4v) is 2.64. The molecule has 1 aliphatic rings. The number of carboxylic acid groups (broad SMARTS) is 1. The quantitative estimate of drug-likeness (QED) is 0.936. The Kier molecular flexibility index (Phi) is 3.48. The average molecular weight is 283 g/mol. The van der Waals surface area contributed by atoms with E-state index in [0.717, 1.165) is 18.7 Å². The van der Waals surface area contributed by atoms with E-state index in [0.29, 0.717) is 6.54 Å². The monoisotopic (exact) mass is 283 g/mol. The van der Waals surface area contributed by atoms with Crippen LogP contribution in [0.15, 0.2) is 42.6 Å². The first-order valence-corrected chi connectivity index (χ1v) is 6.88. The molecule has 0 spiro atoms. The number of hydrogen-bond donors (Lipinski definition) is 1. The van der Waals surface area contributed by atoms with Gasteiger partial charge in [-0.05, 0) is 29.8 Å². The van der Waals surface area contributed by atoms with Gasteiger partial charge in [-0.2, -0.15) is 0 Å². The topological polar surface area (TPSA) is 56.7 Å². The van der Waals surface area contributed by atoms with Crippen LogP contribution >= 0.6 is 0 Å². The number of fused-ring (bicyclic) bond motifs is 1. The van der Waals surface area contributed by atoms with Crippen molar-refractivity contribution in [3.8, 4) is 0 Å². The van der Waals surface area contributed by atoms with E-state index in [1.807, 2.05) is 18.2 Å². The van der Waals surface area contributed by atoms with E-state index in [-0.39, 0.29) is 5.69 Å². The van der Waals surface area contributed by atoms with Gasteiger partial charge in [0.25, 0.3) is 0 Å². The van der Waals surface area contributed by atoms with Crippen LogP contribution in [-0.4, -0.2) is 36.2 Å². The second-order valence-corrected chi connectivity index (χ2v) is 5.19. The van der Waals surface area contributed by atoms with E-state index in [1.165, 1.54) is 11.4 Å².